The van der Waals surface area contributed by atoms with Crippen LogP contribution < -0.4 is 10.1 Å². The zero-order valence-electron chi connectivity index (χ0n) is 11.7. The van der Waals surface area contributed by atoms with E-state index in [9.17, 15) is 9.90 Å². The Hall–Kier alpha value is -1.59. The van der Waals surface area contributed by atoms with Crippen molar-refractivity contribution in [3.05, 3.63) is 29.3 Å². The molecule has 2 N–H and O–H groups in total. The fourth-order valence-electron chi connectivity index (χ4n) is 2.31. The number of rotatable bonds is 7. The molecule has 0 bridgehead atoms. The van der Waals surface area contributed by atoms with Gasteiger partial charge in [-0.1, -0.05) is 6.07 Å². The van der Waals surface area contributed by atoms with Crippen LogP contribution in [0.5, 0.6) is 5.75 Å². The SMILES string of the molecule is COCCCNC(=O)COc1ccc2c(c1)CC[C@H]2O. The molecule has 0 heterocycles. The van der Waals surface area contributed by atoms with Crippen molar-refractivity contribution in [3.8, 4) is 5.75 Å². The number of amides is 1. The first-order valence-corrected chi connectivity index (χ1v) is 6.90. The van der Waals surface area contributed by atoms with Gasteiger partial charge < -0.3 is 19.9 Å². The standard InChI is InChI=1S/C15H21NO4/c1-19-8-2-7-16-15(18)10-20-12-4-5-13-11(9-12)3-6-14(13)17/h4-5,9,14,17H,2-3,6-8,10H2,1H3,(H,16,18)/t14-/m1/s1. The van der Waals surface area contributed by atoms with Gasteiger partial charge in [0.2, 0.25) is 0 Å². The van der Waals surface area contributed by atoms with Gasteiger partial charge in [-0.3, -0.25) is 4.79 Å². The fraction of sp³-hybridized carbons (Fsp3) is 0.533. The first-order valence-electron chi connectivity index (χ1n) is 6.90. The number of hydrogen-bond donors (Lipinski definition) is 2. The van der Waals surface area contributed by atoms with E-state index >= 15 is 0 Å². The summed E-state index contributed by atoms with van der Waals surface area (Å²) in [7, 11) is 1.63. The Morgan fingerprint density at radius 1 is 1.50 bits per heavy atom. The molecule has 5 heteroatoms. The summed E-state index contributed by atoms with van der Waals surface area (Å²) >= 11 is 0. The van der Waals surface area contributed by atoms with Crippen LogP contribution in [0.4, 0.5) is 0 Å². The molecule has 1 aliphatic carbocycles. The highest BCUT2D eigenvalue weighted by Crippen LogP contribution is 2.33. The van der Waals surface area contributed by atoms with E-state index in [2.05, 4.69) is 5.32 Å². The molecule has 0 saturated heterocycles. The van der Waals surface area contributed by atoms with Gasteiger partial charge in [0.1, 0.15) is 5.75 Å². The second kappa shape index (κ2) is 7.26. The van der Waals surface area contributed by atoms with E-state index in [1.54, 1.807) is 13.2 Å². The summed E-state index contributed by atoms with van der Waals surface area (Å²) < 4.78 is 10.4. The predicted molar refractivity (Wildman–Crippen MR) is 74.7 cm³/mol. The van der Waals surface area contributed by atoms with Crippen LogP contribution in [0.25, 0.3) is 0 Å². The van der Waals surface area contributed by atoms with Gasteiger partial charge >= 0.3 is 0 Å². The minimum atomic E-state index is -0.358. The molecular formula is C15H21NO4. The van der Waals surface area contributed by atoms with Crippen LogP contribution in [0.1, 0.15) is 30.1 Å². The van der Waals surface area contributed by atoms with E-state index in [4.69, 9.17) is 9.47 Å². The summed E-state index contributed by atoms with van der Waals surface area (Å²) in [6.07, 6.45) is 2.05. The van der Waals surface area contributed by atoms with Crippen molar-refractivity contribution >= 4 is 5.91 Å². The van der Waals surface area contributed by atoms with Gasteiger partial charge in [-0.05, 0) is 42.5 Å². The lowest BCUT2D eigenvalue weighted by atomic mass is 10.1. The molecule has 110 valence electrons. The third-order valence-electron chi connectivity index (χ3n) is 3.38. The van der Waals surface area contributed by atoms with Crippen molar-refractivity contribution in [1.82, 2.24) is 5.32 Å². The van der Waals surface area contributed by atoms with Crippen LogP contribution in [0.2, 0.25) is 0 Å². The molecule has 0 aromatic heterocycles. The maximum atomic E-state index is 11.5. The number of aryl methyl sites for hydroxylation is 1. The van der Waals surface area contributed by atoms with Crippen LogP contribution in [-0.4, -0.2) is 37.9 Å². The maximum Gasteiger partial charge on any atom is 0.257 e. The average Bonchev–Trinajstić information content (AvgIpc) is 2.82. The number of hydrogen-bond acceptors (Lipinski definition) is 4. The summed E-state index contributed by atoms with van der Waals surface area (Å²) in [5.41, 5.74) is 2.08. The lowest BCUT2D eigenvalue weighted by Crippen LogP contribution is -2.30. The lowest BCUT2D eigenvalue weighted by molar-refractivity contribution is -0.123. The molecule has 1 amide bonds. The maximum absolute atomic E-state index is 11.5. The molecular weight excluding hydrogens is 258 g/mol. The Bertz CT molecular complexity index is 461. The number of fused-ring (bicyclic) bond motifs is 1. The number of methoxy groups -OCH3 is 1. The Kier molecular flexibility index (Phi) is 5.38. The number of ether oxygens (including phenoxy) is 2. The predicted octanol–water partition coefficient (Wildman–Crippen LogP) is 1.20. The number of nitrogens with one attached hydrogen (secondary N) is 1. The smallest absolute Gasteiger partial charge is 0.257 e. The van der Waals surface area contributed by atoms with E-state index in [0.717, 1.165) is 30.4 Å². The van der Waals surface area contributed by atoms with Crippen LogP contribution in [0.3, 0.4) is 0 Å². The van der Waals surface area contributed by atoms with Crippen molar-refractivity contribution < 1.29 is 19.4 Å². The van der Waals surface area contributed by atoms with Crippen molar-refractivity contribution in [1.29, 1.82) is 0 Å². The molecule has 0 spiro atoms. The van der Waals surface area contributed by atoms with Gasteiger partial charge in [0.25, 0.3) is 5.91 Å². The minimum absolute atomic E-state index is 0.00826. The fourth-order valence-corrected chi connectivity index (χ4v) is 2.31. The highest BCUT2D eigenvalue weighted by atomic mass is 16.5. The first-order chi connectivity index (χ1) is 9.70. The normalized spacial score (nSPS) is 16.8. The highest BCUT2D eigenvalue weighted by Gasteiger charge is 2.20. The van der Waals surface area contributed by atoms with Crippen molar-refractivity contribution in [3.63, 3.8) is 0 Å². The Balaban J connectivity index is 1.75. The number of aliphatic hydroxyl groups is 1. The van der Waals surface area contributed by atoms with Crippen LogP contribution in [0, 0.1) is 0 Å². The number of carbonyl (C=O) groups is 1. The van der Waals surface area contributed by atoms with Gasteiger partial charge in [-0.2, -0.15) is 0 Å². The van der Waals surface area contributed by atoms with Gasteiger partial charge in [0, 0.05) is 20.3 Å². The Labute approximate surface area is 118 Å². The third-order valence-corrected chi connectivity index (χ3v) is 3.38. The first kappa shape index (κ1) is 14.8. The molecule has 0 radical (unpaired) electrons. The van der Waals surface area contributed by atoms with Crippen LogP contribution in [-0.2, 0) is 16.0 Å². The van der Waals surface area contributed by atoms with Crippen LogP contribution >= 0.6 is 0 Å². The molecule has 1 aromatic carbocycles. The molecule has 0 fully saturated rings. The molecule has 1 aromatic rings. The number of benzene rings is 1. The monoisotopic (exact) mass is 279 g/mol. The van der Waals surface area contributed by atoms with Crippen molar-refractivity contribution in [2.24, 2.45) is 0 Å². The largest absolute Gasteiger partial charge is 0.484 e. The summed E-state index contributed by atoms with van der Waals surface area (Å²) in [5.74, 6) is 0.534. The molecule has 0 saturated carbocycles. The van der Waals surface area contributed by atoms with E-state index in [-0.39, 0.29) is 18.6 Å². The minimum Gasteiger partial charge on any atom is -0.484 e. The van der Waals surface area contributed by atoms with Gasteiger partial charge in [0.05, 0.1) is 6.10 Å². The highest BCUT2D eigenvalue weighted by molar-refractivity contribution is 5.77. The van der Waals surface area contributed by atoms with E-state index < -0.39 is 0 Å². The zero-order chi connectivity index (χ0) is 14.4. The molecule has 0 unspecified atom stereocenters. The van der Waals surface area contributed by atoms with Gasteiger partial charge in [0.15, 0.2) is 6.61 Å². The van der Waals surface area contributed by atoms with Crippen LogP contribution in [0.15, 0.2) is 18.2 Å². The van der Waals surface area contributed by atoms with Crippen molar-refractivity contribution in [2.45, 2.75) is 25.4 Å². The summed E-state index contributed by atoms with van der Waals surface area (Å²) in [6, 6.07) is 5.58. The number of carbonyl (C=O) groups excluding carboxylic acids is 1. The topological polar surface area (TPSA) is 67.8 Å². The molecule has 1 atom stereocenters. The molecule has 5 nitrogen and oxygen atoms in total. The molecule has 0 aliphatic heterocycles. The zero-order valence-corrected chi connectivity index (χ0v) is 11.7. The van der Waals surface area contributed by atoms with Gasteiger partial charge in [-0.15, -0.1) is 0 Å². The molecule has 20 heavy (non-hydrogen) atoms. The average molecular weight is 279 g/mol. The molecule has 1 aliphatic rings. The van der Waals surface area contributed by atoms with Gasteiger partial charge in [-0.25, -0.2) is 0 Å². The lowest BCUT2D eigenvalue weighted by Gasteiger charge is -2.09. The quantitative estimate of drug-likeness (QED) is 0.736. The summed E-state index contributed by atoms with van der Waals surface area (Å²) in [5, 5.41) is 12.5. The van der Waals surface area contributed by atoms with E-state index in [1.165, 1.54) is 0 Å². The summed E-state index contributed by atoms with van der Waals surface area (Å²) in [4.78, 5) is 11.5. The Morgan fingerprint density at radius 2 is 2.35 bits per heavy atom. The van der Waals surface area contributed by atoms with E-state index in [1.807, 2.05) is 12.1 Å². The second-order valence-electron chi connectivity index (χ2n) is 4.90. The number of aliphatic hydroxyl groups excluding tert-OH is 1. The second-order valence-corrected chi connectivity index (χ2v) is 4.90. The third kappa shape index (κ3) is 3.95. The van der Waals surface area contributed by atoms with Crippen molar-refractivity contribution in [2.75, 3.05) is 26.9 Å². The summed E-state index contributed by atoms with van der Waals surface area (Å²) in [6.45, 7) is 1.23. The van der Waals surface area contributed by atoms with E-state index in [0.29, 0.717) is 18.9 Å². The molecule has 2 rings (SSSR count). The Morgan fingerprint density at radius 3 is 3.15 bits per heavy atom.